The summed E-state index contributed by atoms with van der Waals surface area (Å²) in [6.45, 7) is 8.18. The number of phosphoric acid groups is 1. The standard InChI is InChI=1S/C60H85N2O13P/c1-58-28-24-47(63)36-46(58)21-22-48-49-37-54-60(59(49,2)38-51(65)55(48)58,74-57(73-54)43-18-9-5-10-19-43)53(66)40-72-56(67)42-26-31-62(3,32-27-42)39-45-35-44(20-23-52(45)75-76(68,69)70)50(64)25-30-61-29-12-6-13-33-71-34-14-11-17-41-15-7-4-8-16-41/h4,7-8,15-16,20,23-24,28,35-36,42-43,48-51,54-55,57,61,64-65H,5-6,9-14,17-19,21-22,25-27,29-34,37-40H2,1-3H3,(H-,68,69,70)/p+1/t42?,48?,49?,50?,51?,54-,55?,57-,58+,59+,60-,62?/m1/s1. The highest BCUT2D eigenvalue weighted by Crippen LogP contribution is 2.70. The molecule has 6 fully saturated rings. The van der Waals surface area contributed by atoms with Crippen molar-refractivity contribution in [1.29, 1.82) is 0 Å². The average Bonchev–Trinajstić information content (AvgIpc) is 3.90. The Bertz CT molecular complexity index is 2450. The minimum atomic E-state index is -4.90. The Labute approximate surface area is 450 Å². The zero-order valence-electron chi connectivity index (χ0n) is 45.3. The van der Waals surface area contributed by atoms with Crippen molar-refractivity contribution in [2.45, 2.75) is 166 Å². The second kappa shape index (κ2) is 24.4. The lowest BCUT2D eigenvalue weighted by molar-refractivity contribution is -0.927. The van der Waals surface area contributed by atoms with Gasteiger partial charge in [0.2, 0.25) is 5.78 Å². The number of hydrogen-bond acceptors (Lipinski definition) is 12. The predicted octanol–water partition coefficient (Wildman–Crippen LogP) is 8.80. The number of ketones is 2. The summed E-state index contributed by atoms with van der Waals surface area (Å²) in [4.78, 5) is 61.2. The number of nitrogens with one attached hydrogen (secondary N) is 1. The van der Waals surface area contributed by atoms with Gasteiger partial charge in [-0.1, -0.05) is 81.2 Å². The molecule has 7 aliphatic rings. The molecule has 5 unspecified atom stereocenters. The van der Waals surface area contributed by atoms with E-state index in [2.05, 4.69) is 43.4 Å². The van der Waals surface area contributed by atoms with Gasteiger partial charge in [0.1, 0.15) is 12.3 Å². The molecule has 2 aliphatic heterocycles. The Morgan fingerprint density at radius 2 is 1.68 bits per heavy atom. The number of allylic oxidation sites excluding steroid dienone is 4. The maximum atomic E-state index is 15.1. The number of fused-ring (bicyclic) bond motifs is 7. The summed E-state index contributed by atoms with van der Waals surface area (Å²) in [5.74, 6) is -1.09. The fourth-order valence-corrected chi connectivity index (χ4v) is 15.6. The van der Waals surface area contributed by atoms with E-state index in [4.69, 9.17) is 23.5 Å². The maximum Gasteiger partial charge on any atom is 0.524 e. The van der Waals surface area contributed by atoms with Gasteiger partial charge in [0, 0.05) is 54.3 Å². The molecule has 0 aromatic heterocycles. The molecule has 4 saturated carbocycles. The number of aryl methyl sites for hydroxylation is 1. The van der Waals surface area contributed by atoms with Crippen molar-refractivity contribution in [2.75, 3.05) is 53.0 Å². The van der Waals surface area contributed by atoms with Gasteiger partial charge in [-0.05, 0) is 144 Å². The van der Waals surface area contributed by atoms with Crippen LogP contribution in [0.1, 0.15) is 146 Å². The molecule has 16 heteroatoms. The van der Waals surface area contributed by atoms with Crippen molar-refractivity contribution < 1.29 is 66.9 Å². The van der Waals surface area contributed by atoms with E-state index >= 15 is 4.79 Å². The normalized spacial score (nSPS) is 33.6. The number of aliphatic hydroxyl groups is 2. The molecule has 5 aliphatic carbocycles. The van der Waals surface area contributed by atoms with Gasteiger partial charge in [-0.2, -0.15) is 0 Å². The van der Waals surface area contributed by atoms with E-state index in [1.54, 1.807) is 24.3 Å². The van der Waals surface area contributed by atoms with Crippen molar-refractivity contribution >= 4 is 25.4 Å². The highest BCUT2D eigenvalue weighted by atomic mass is 31.2. The molecule has 15 nitrogen and oxygen atoms in total. The van der Waals surface area contributed by atoms with Crippen LogP contribution >= 0.6 is 7.82 Å². The summed E-state index contributed by atoms with van der Waals surface area (Å²) in [5, 5.41) is 26.9. The van der Waals surface area contributed by atoms with Crippen LogP contribution in [0.3, 0.4) is 0 Å². The van der Waals surface area contributed by atoms with E-state index in [0.29, 0.717) is 73.9 Å². The molecule has 2 aromatic rings. The molecule has 2 saturated heterocycles. The van der Waals surface area contributed by atoms with E-state index < -0.39 is 67.3 Å². The van der Waals surface area contributed by atoms with Gasteiger partial charge >= 0.3 is 13.8 Å². The zero-order valence-corrected chi connectivity index (χ0v) is 46.2. The fourth-order valence-electron chi connectivity index (χ4n) is 15.2. The number of nitrogens with zero attached hydrogens (tertiary/aromatic N) is 1. The number of benzene rings is 2. The van der Waals surface area contributed by atoms with Gasteiger partial charge < -0.3 is 43.5 Å². The predicted molar refractivity (Wildman–Crippen MR) is 286 cm³/mol. The van der Waals surface area contributed by atoms with Crippen LogP contribution in [0, 0.1) is 40.4 Å². The molecular weight excluding hydrogens is 988 g/mol. The van der Waals surface area contributed by atoms with E-state index in [1.165, 1.54) is 11.6 Å². The number of likely N-dealkylation sites (tertiary alicyclic amines) is 1. The third-order valence-corrected chi connectivity index (χ3v) is 19.7. The summed E-state index contributed by atoms with van der Waals surface area (Å²) in [6, 6.07) is 15.4. The Morgan fingerprint density at radius 3 is 2.43 bits per heavy atom. The van der Waals surface area contributed by atoms with Gasteiger partial charge in [0.15, 0.2) is 24.3 Å². The minimum absolute atomic E-state index is 0.00668. The average molecular weight is 1070 g/mol. The summed E-state index contributed by atoms with van der Waals surface area (Å²) < 4.78 is 43.5. The number of rotatable bonds is 24. The van der Waals surface area contributed by atoms with Crippen molar-refractivity contribution in [3.63, 3.8) is 0 Å². The first-order chi connectivity index (χ1) is 36.4. The lowest BCUT2D eigenvalue weighted by Gasteiger charge is -2.59. The number of esters is 1. The number of quaternary nitrogens is 1. The van der Waals surface area contributed by atoms with Crippen molar-refractivity contribution in [3.05, 3.63) is 89.0 Å². The maximum absolute atomic E-state index is 15.1. The first-order valence-electron chi connectivity index (χ1n) is 28.8. The number of Topliss-reactive ketones (excluding diaryl/α,β-unsaturated/α-hetero) is 1. The van der Waals surface area contributed by atoms with E-state index in [0.717, 1.165) is 109 Å². The van der Waals surface area contributed by atoms with Crippen LogP contribution in [-0.2, 0) is 50.9 Å². The highest BCUT2D eigenvalue weighted by Gasteiger charge is 2.76. The van der Waals surface area contributed by atoms with Gasteiger partial charge in [-0.15, -0.1) is 0 Å². The van der Waals surface area contributed by atoms with Crippen LogP contribution < -0.4 is 9.84 Å². The number of hydrogen-bond donors (Lipinski definition) is 5. The van der Waals surface area contributed by atoms with Crippen LogP contribution in [0.15, 0.2) is 72.3 Å². The van der Waals surface area contributed by atoms with Gasteiger partial charge in [-0.3, -0.25) is 24.2 Å². The molecule has 418 valence electrons. The number of ether oxygens (including phenoxy) is 4. The van der Waals surface area contributed by atoms with Crippen LogP contribution in [-0.4, -0.2) is 119 Å². The summed E-state index contributed by atoms with van der Waals surface area (Å²) in [6.07, 6.45) is 18.1. The quantitative estimate of drug-likeness (QED) is 0.0288. The summed E-state index contributed by atoms with van der Waals surface area (Å²) in [5.41, 5.74) is 0.953. The van der Waals surface area contributed by atoms with Crippen molar-refractivity contribution in [2.24, 2.45) is 40.4 Å². The van der Waals surface area contributed by atoms with Gasteiger partial charge in [0.25, 0.3) is 0 Å². The SMILES string of the molecule is C[C@]12C=CC(=O)C=C1CCC1C2C(O)C[C@@]2(C)C1C[C@H]1O[C@@H](C3CCCCC3)O[C@]12C(=O)COC(=O)C1CC[N+](C)(Cc2cc(C(O)CCNCCCCCOCCCCc3ccccc3)ccc2OP(=O)(O)O)CC1. The Morgan fingerprint density at radius 1 is 0.934 bits per heavy atom. The van der Waals surface area contributed by atoms with E-state index in [1.807, 2.05) is 19.2 Å². The van der Waals surface area contributed by atoms with Crippen LogP contribution in [0.25, 0.3) is 0 Å². The number of phosphoric ester groups is 1. The summed E-state index contributed by atoms with van der Waals surface area (Å²) >= 11 is 0. The van der Waals surface area contributed by atoms with Crippen LogP contribution in [0.4, 0.5) is 0 Å². The largest absolute Gasteiger partial charge is 0.524 e. The van der Waals surface area contributed by atoms with Gasteiger partial charge in [0.05, 0.1) is 44.4 Å². The Hall–Kier alpha value is -3.60. The zero-order chi connectivity index (χ0) is 53.7. The third-order valence-electron chi connectivity index (χ3n) is 19.2. The molecule has 0 spiro atoms. The first-order valence-corrected chi connectivity index (χ1v) is 30.3. The lowest BCUT2D eigenvalue weighted by atomic mass is 9.46. The monoisotopic (exact) mass is 1070 g/mol. The number of aliphatic hydroxyl groups excluding tert-OH is 2. The van der Waals surface area contributed by atoms with Gasteiger partial charge in [-0.25, -0.2) is 4.57 Å². The minimum Gasteiger partial charge on any atom is -0.457 e. The molecular formula is C60H86N2O13P+. The summed E-state index contributed by atoms with van der Waals surface area (Å²) in [7, 11) is -2.87. The third kappa shape index (κ3) is 12.5. The van der Waals surface area contributed by atoms with Crippen molar-refractivity contribution in [1.82, 2.24) is 5.32 Å². The number of piperidine rings is 1. The van der Waals surface area contributed by atoms with E-state index in [-0.39, 0.29) is 41.0 Å². The molecule has 2 heterocycles. The topological polar surface area (TPSA) is 207 Å². The number of carbonyl (C=O) groups is 3. The van der Waals surface area contributed by atoms with Crippen LogP contribution in [0.5, 0.6) is 5.75 Å². The second-order valence-corrected chi connectivity index (χ2v) is 25.5. The van der Waals surface area contributed by atoms with Crippen molar-refractivity contribution in [3.8, 4) is 5.75 Å². The molecule has 10 atom stereocenters. The molecule has 5 N–H and O–H groups in total. The molecule has 0 bridgehead atoms. The van der Waals surface area contributed by atoms with E-state index in [9.17, 15) is 34.2 Å². The molecule has 0 amide bonds. The Balaban J connectivity index is 0.767. The first kappa shape index (κ1) is 57.1. The molecule has 9 rings (SSSR count). The number of unbranched alkanes of at least 4 members (excludes halogenated alkanes) is 3. The smallest absolute Gasteiger partial charge is 0.457 e. The number of carbonyl (C=O) groups excluding carboxylic acids is 3. The highest BCUT2D eigenvalue weighted by molar-refractivity contribution is 7.46. The fraction of sp³-hybridized carbons (Fsp3) is 0.683. The van der Waals surface area contributed by atoms with Crippen LogP contribution in [0.2, 0.25) is 0 Å². The molecule has 0 radical (unpaired) electrons. The molecule has 76 heavy (non-hydrogen) atoms. The second-order valence-electron chi connectivity index (χ2n) is 24.3. The lowest BCUT2D eigenvalue weighted by Crippen LogP contribution is -2.63. The Kier molecular flexibility index (Phi) is 18.3. The molecule has 2 aromatic carbocycles.